The van der Waals surface area contributed by atoms with Gasteiger partial charge in [-0.2, -0.15) is 0 Å². The highest BCUT2D eigenvalue weighted by Crippen LogP contribution is 2.37. The minimum atomic E-state index is -3.99. The summed E-state index contributed by atoms with van der Waals surface area (Å²) in [6.07, 6.45) is -1.08. The van der Waals surface area contributed by atoms with Gasteiger partial charge < -0.3 is 19.7 Å². The number of sulfone groups is 1. The van der Waals surface area contributed by atoms with E-state index in [1.165, 1.54) is 36.4 Å². The lowest BCUT2D eigenvalue weighted by Gasteiger charge is -2.14. The fraction of sp³-hybridized carbons (Fsp3) is 0.368. The fourth-order valence-corrected chi connectivity index (χ4v) is 5.03. The highest BCUT2D eigenvalue weighted by Gasteiger charge is 2.22. The van der Waals surface area contributed by atoms with Gasteiger partial charge >= 0.3 is 0 Å². The number of hydrogen-bond donors (Lipinski definition) is 3. The monoisotopic (exact) mass is 561 g/mol. The van der Waals surface area contributed by atoms with E-state index in [9.17, 15) is 27.0 Å². The summed E-state index contributed by atoms with van der Waals surface area (Å²) in [6.45, 7) is -0.605. The third-order valence-corrected chi connectivity index (χ3v) is 7.40. The molecule has 0 aliphatic rings. The number of rotatable bonds is 12. The van der Waals surface area contributed by atoms with Crippen molar-refractivity contribution in [1.29, 1.82) is 0 Å². The molecule has 2 aromatic rings. The third kappa shape index (κ3) is 8.45. The summed E-state index contributed by atoms with van der Waals surface area (Å²) < 4.78 is 60.8. The molecule has 0 saturated heterocycles. The zero-order chi connectivity index (χ0) is 24.8. The van der Waals surface area contributed by atoms with Crippen LogP contribution in [0.1, 0.15) is 0 Å². The van der Waals surface area contributed by atoms with E-state index in [1.807, 2.05) is 0 Å². The van der Waals surface area contributed by atoms with Crippen LogP contribution in [-0.2, 0) is 19.9 Å². The van der Waals surface area contributed by atoms with E-state index >= 15 is 0 Å². The first kappa shape index (κ1) is 27.9. The molecule has 9 nitrogen and oxygen atoms in total. The number of aliphatic hydroxyl groups excluding tert-OH is 2. The summed E-state index contributed by atoms with van der Waals surface area (Å²) in [5.74, 6) is 0.233. The molecule has 0 aliphatic carbocycles. The van der Waals surface area contributed by atoms with Crippen molar-refractivity contribution in [1.82, 2.24) is 4.72 Å². The van der Waals surface area contributed by atoms with Crippen molar-refractivity contribution in [3.8, 4) is 11.5 Å². The van der Waals surface area contributed by atoms with Gasteiger partial charge in [0, 0.05) is 6.54 Å². The van der Waals surface area contributed by atoms with Crippen molar-refractivity contribution < 1.29 is 36.5 Å². The molecule has 0 amide bonds. The molecule has 2 aromatic carbocycles. The summed E-state index contributed by atoms with van der Waals surface area (Å²) in [5.41, 5.74) is 0. The zero-order valence-corrected chi connectivity index (χ0v) is 21.1. The van der Waals surface area contributed by atoms with Crippen molar-refractivity contribution in [2.45, 2.75) is 22.0 Å². The quantitative estimate of drug-likeness (QED) is 0.334. The molecule has 184 valence electrons. The van der Waals surface area contributed by atoms with Crippen LogP contribution >= 0.6 is 34.8 Å². The van der Waals surface area contributed by atoms with Gasteiger partial charge in [0.25, 0.3) is 0 Å². The molecule has 3 N–H and O–H groups in total. The Morgan fingerprint density at radius 2 is 1.45 bits per heavy atom. The van der Waals surface area contributed by atoms with E-state index in [0.29, 0.717) is 0 Å². The number of halogens is 3. The van der Waals surface area contributed by atoms with E-state index in [1.54, 1.807) is 0 Å². The molecule has 0 radical (unpaired) electrons. The second-order valence-electron chi connectivity index (χ2n) is 6.90. The highest BCUT2D eigenvalue weighted by molar-refractivity contribution is 7.91. The Morgan fingerprint density at radius 1 is 0.909 bits per heavy atom. The maximum absolute atomic E-state index is 13.0. The Bertz CT molecular complexity index is 1140. The van der Waals surface area contributed by atoms with Crippen LogP contribution < -0.4 is 14.2 Å². The van der Waals surface area contributed by atoms with Gasteiger partial charge in [-0.25, -0.2) is 21.6 Å². The van der Waals surface area contributed by atoms with E-state index < -0.39 is 32.1 Å². The second kappa shape index (κ2) is 11.9. The molecule has 33 heavy (non-hydrogen) atoms. The van der Waals surface area contributed by atoms with E-state index in [0.717, 1.165) is 6.26 Å². The molecule has 14 heteroatoms. The van der Waals surface area contributed by atoms with Crippen molar-refractivity contribution in [3.05, 3.63) is 46.4 Å². The largest absolute Gasteiger partial charge is 0.491 e. The lowest BCUT2D eigenvalue weighted by atomic mass is 10.3. The summed E-state index contributed by atoms with van der Waals surface area (Å²) in [5, 5.41) is 19.1. The number of nitrogens with one attached hydrogen (secondary N) is 1. The molecule has 0 heterocycles. The predicted octanol–water partition coefficient (Wildman–Crippen LogP) is 2.09. The molecular weight excluding hydrogens is 541 g/mol. The summed E-state index contributed by atoms with van der Waals surface area (Å²) in [6, 6.07) is 7.74. The molecule has 0 fully saturated rings. The Hall–Kier alpha value is -1.31. The van der Waals surface area contributed by atoms with Crippen molar-refractivity contribution >= 4 is 54.7 Å². The second-order valence-corrected chi connectivity index (χ2v) is 11.8. The molecule has 0 saturated carbocycles. The van der Waals surface area contributed by atoms with E-state index in [2.05, 4.69) is 4.72 Å². The number of benzene rings is 2. The number of sulfonamides is 1. The Morgan fingerprint density at radius 3 is 1.97 bits per heavy atom. The molecule has 2 atom stereocenters. The Labute approximate surface area is 207 Å². The molecule has 0 aliphatic heterocycles. The fourth-order valence-electron chi connectivity index (χ4n) is 2.40. The lowest BCUT2D eigenvalue weighted by Crippen LogP contribution is -2.34. The predicted molar refractivity (Wildman–Crippen MR) is 125 cm³/mol. The average molecular weight is 563 g/mol. The first-order valence-electron chi connectivity index (χ1n) is 9.30. The van der Waals surface area contributed by atoms with Crippen molar-refractivity contribution in [2.75, 3.05) is 31.9 Å². The van der Waals surface area contributed by atoms with Gasteiger partial charge in [-0.05, 0) is 36.4 Å². The standard InChI is InChI=1S/C19H22Cl3NO8S2/c1-32(26,27)23-9-13(25)11-30-14-2-4-15(5-3-14)33(28,29)16-6-17(21)19(18(22)7-16)31-10-12(24)8-20/h2-7,12-13,23-25H,8-11H2,1H3/t12-,13+/m1/s1. The zero-order valence-electron chi connectivity index (χ0n) is 17.2. The lowest BCUT2D eigenvalue weighted by molar-refractivity contribution is 0.111. The summed E-state index contributed by atoms with van der Waals surface area (Å²) in [7, 11) is -7.43. The number of hydrogen-bond acceptors (Lipinski definition) is 8. The van der Waals surface area contributed by atoms with Gasteiger partial charge in [-0.3, -0.25) is 0 Å². The minimum absolute atomic E-state index is 0.0223. The topological polar surface area (TPSA) is 139 Å². The first-order chi connectivity index (χ1) is 15.3. The van der Waals surface area contributed by atoms with Crippen LogP contribution in [0.3, 0.4) is 0 Å². The number of alkyl halides is 1. The highest BCUT2D eigenvalue weighted by atomic mass is 35.5. The van der Waals surface area contributed by atoms with Gasteiger partial charge in [0.1, 0.15) is 31.2 Å². The molecule has 2 rings (SSSR count). The van der Waals surface area contributed by atoms with Crippen molar-refractivity contribution in [2.24, 2.45) is 0 Å². The maximum Gasteiger partial charge on any atom is 0.208 e. The average Bonchev–Trinajstić information content (AvgIpc) is 2.75. The van der Waals surface area contributed by atoms with Crippen LogP contribution in [0.25, 0.3) is 0 Å². The van der Waals surface area contributed by atoms with E-state index in [4.69, 9.17) is 44.3 Å². The SMILES string of the molecule is CS(=O)(=O)NC[C@H](O)COc1ccc(S(=O)(=O)c2cc(Cl)c(OC[C@H](O)CCl)c(Cl)c2)cc1. The molecule has 0 bridgehead atoms. The van der Waals surface area contributed by atoms with Gasteiger partial charge in [0.15, 0.2) is 5.75 Å². The maximum atomic E-state index is 13.0. The third-order valence-electron chi connectivity index (χ3n) is 4.04. The van der Waals surface area contributed by atoms with Gasteiger partial charge in [0.05, 0.1) is 32.0 Å². The molecule has 0 spiro atoms. The number of aliphatic hydroxyl groups is 2. The molecule has 0 aromatic heterocycles. The summed E-state index contributed by atoms with van der Waals surface area (Å²) >= 11 is 17.8. The smallest absolute Gasteiger partial charge is 0.208 e. The summed E-state index contributed by atoms with van der Waals surface area (Å²) in [4.78, 5) is -0.230. The molecule has 0 unspecified atom stereocenters. The van der Waals surface area contributed by atoms with Gasteiger partial charge in [-0.15, -0.1) is 11.6 Å². The van der Waals surface area contributed by atoms with Crippen LogP contribution in [0, 0.1) is 0 Å². The van der Waals surface area contributed by atoms with E-state index in [-0.39, 0.29) is 57.0 Å². The first-order valence-corrected chi connectivity index (χ1v) is 14.0. The van der Waals surface area contributed by atoms with Gasteiger partial charge in [-0.1, -0.05) is 23.2 Å². The van der Waals surface area contributed by atoms with Gasteiger partial charge in [0.2, 0.25) is 19.9 Å². The van der Waals surface area contributed by atoms with Crippen LogP contribution in [0.15, 0.2) is 46.2 Å². The normalized spacial score (nSPS) is 14.0. The molecular formula is C19H22Cl3NO8S2. The van der Waals surface area contributed by atoms with Crippen LogP contribution in [0.5, 0.6) is 11.5 Å². The van der Waals surface area contributed by atoms with Crippen LogP contribution in [0.4, 0.5) is 0 Å². The Kier molecular flexibility index (Phi) is 10.1. The van der Waals surface area contributed by atoms with Crippen LogP contribution in [0.2, 0.25) is 10.0 Å². The Balaban J connectivity index is 2.11. The minimum Gasteiger partial charge on any atom is -0.491 e. The number of ether oxygens (including phenoxy) is 2. The van der Waals surface area contributed by atoms with Crippen molar-refractivity contribution in [3.63, 3.8) is 0 Å². The van der Waals surface area contributed by atoms with Crippen LogP contribution in [-0.4, -0.2) is 71.2 Å².